The molecule has 0 fully saturated rings. The van der Waals surface area contributed by atoms with Gasteiger partial charge in [-0.25, -0.2) is 0 Å². The van der Waals surface area contributed by atoms with Gasteiger partial charge in [0, 0.05) is 11.6 Å². The van der Waals surface area contributed by atoms with E-state index in [9.17, 15) is 0 Å². The van der Waals surface area contributed by atoms with Crippen LogP contribution >= 0.6 is 0 Å². The second-order valence-electron chi connectivity index (χ2n) is 5.69. The molecule has 0 bridgehead atoms. The SMILES string of the molecule is CCC(C)(C(NC)C(C)(C)C)N(C)C. The molecule has 0 aliphatic rings. The van der Waals surface area contributed by atoms with Gasteiger partial charge in [0.1, 0.15) is 0 Å². The quantitative estimate of drug-likeness (QED) is 0.749. The Morgan fingerprint density at radius 1 is 1.14 bits per heavy atom. The van der Waals surface area contributed by atoms with Gasteiger partial charge in [0.25, 0.3) is 0 Å². The molecule has 0 aromatic rings. The van der Waals surface area contributed by atoms with Crippen LogP contribution in [0.3, 0.4) is 0 Å². The molecule has 1 N–H and O–H groups in total. The summed E-state index contributed by atoms with van der Waals surface area (Å²) >= 11 is 0. The Kier molecular flexibility index (Phi) is 4.60. The van der Waals surface area contributed by atoms with E-state index in [0.717, 1.165) is 6.42 Å². The summed E-state index contributed by atoms with van der Waals surface area (Å²) in [4.78, 5) is 2.33. The summed E-state index contributed by atoms with van der Waals surface area (Å²) in [6.07, 6.45) is 1.16. The maximum Gasteiger partial charge on any atom is 0.0330 e. The van der Waals surface area contributed by atoms with Crippen molar-refractivity contribution in [3.05, 3.63) is 0 Å². The predicted octanol–water partition coefficient (Wildman–Crippen LogP) is 2.35. The van der Waals surface area contributed by atoms with Crippen molar-refractivity contribution in [3.63, 3.8) is 0 Å². The summed E-state index contributed by atoms with van der Waals surface area (Å²) in [6.45, 7) is 11.5. The molecule has 0 saturated carbocycles. The van der Waals surface area contributed by atoms with Crippen molar-refractivity contribution in [2.45, 2.75) is 52.6 Å². The first-order chi connectivity index (χ1) is 6.20. The Labute approximate surface area is 90.1 Å². The highest BCUT2D eigenvalue weighted by atomic mass is 15.2. The highest BCUT2D eigenvalue weighted by Gasteiger charge is 2.40. The van der Waals surface area contributed by atoms with Crippen molar-refractivity contribution in [3.8, 4) is 0 Å². The summed E-state index contributed by atoms with van der Waals surface area (Å²) in [7, 11) is 6.40. The molecule has 2 unspecified atom stereocenters. The Morgan fingerprint density at radius 3 is 1.64 bits per heavy atom. The topological polar surface area (TPSA) is 15.3 Å². The maximum absolute atomic E-state index is 3.47. The summed E-state index contributed by atoms with van der Waals surface area (Å²) in [5.74, 6) is 0. The van der Waals surface area contributed by atoms with E-state index in [-0.39, 0.29) is 11.0 Å². The van der Waals surface area contributed by atoms with Crippen LogP contribution < -0.4 is 5.32 Å². The summed E-state index contributed by atoms with van der Waals surface area (Å²) in [5.41, 5.74) is 0.497. The first kappa shape index (κ1) is 13.9. The lowest BCUT2D eigenvalue weighted by atomic mass is 9.73. The molecule has 0 heterocycles. The van der Waals surface area contributed by atoms with Crippen molar-refractivity contribution < 1.29 is 0 Å². The molecule has 0 aliphatic carbocycles. The van der Waals surface area contributed by atoms with Crippen molar-refractivity contribution in [1.29, 1.82) is 0 Å². The van der Waals surface area contributed by atoms with Crippen LogP contribution in [0.15, 0.2) is 0 Å². The highest BCUT2D eigenvalue weighted by Crippen LogP contribution is 2.32. The molecule has 0 saturated heterocycles. The molecule has 0 aromatic heterocycles. The van der Waals surface area contributed by atoms with Crippen LogP contribution in [0.2, 0.25) is 0 Å². The van der Waals surface area contributed by atoms with Gasteiger partial charge in [-0.2, -0.15) is 0 Å². The van der Waals surface area contributed by atoms with Gasteiger partial charge in [-0.1, -0.05) is 27.7 Å². The third-order valence-electron chi connectivity index (χ3n) is 3.51. The standard InChI is InChI=1S/C12H28N2/c1-9-12(5,14(7)8)10(13-6)11(2,3)4/h10,13H,9H2,1-8H3. The molecule has 86 valence electrons. The zero-order valence-corrected chi connectivity index (χ0v) is 11.2. The van der Waals surface area contributed by atoms with Crippen LogP contribution in [0, 0.1) is 5.41 Å². The van der Waals surface area contributed by atoms with E-state index in [0.29, 0.717) is 6.04 Å². The van der Waals surface area contributed by atoms with Crippen molar-refractivity contribution in [2.75, 3.05) is 21.1 Å². The molecule has 2 nitrogen and oxygen atoms in total. The first-order valence-electron chi connectivity index (χ1n) is 5.54. The first-order valence-corrected chi connectivity index (χ1v) is 5.54. The van der Waals surface area contributed by atoms with Crippen molar-refractivity contribution in [2.24, 2.45) is 5.41 Å². The summed E-state index contributed by atoms with van der Waals surface area (Å²) < 4.78 is 0. The normalized spacial score (nSPS) is 19.5. The smallest absolute Gasteiger partial charge is 0.0330 e. The fraction of sp³-hybridized carbons (Fsp3) is 1.00. The molecule has 0 aromatic carbocycles. The molecule has 0 aliphatic heterocycles. The molecule has 0 amide bonds. The lowest BCUT2D eigenvalue weighted by molar-refractivity contribution is 0.0586. The van der Waals surface area contributed by atoms with E-state index in [1.807, 2.05) is 0 Å². The molecular weight excluding hydrogens is 172 g/mol. The third kappa shape index (κ3) is 2.71. The molecule has 2 atom stereocenters. The zero-order valence-electron chi connectivity index (χ0n) is 11.2. The molecular formula is C12H28N2. The van der Waals surface area contributed by atoms with Crippen LogP contribution in [0.4, 0.5) is 0 Å². The Balaban J connectivity index is 4.97. The summed E-state index contributed by atoms with van der Waals surface area (Å²) in [6, 6.07) is 0.495. The molecule has 0 radical (unpaired) electrons. The van der Waals surface area contributed by atoms with E-state index < -0.39 is 0 Å². The minimum Gasteiger partial charge on any atom is -0.315 e. The zero-order chi connectivity index (χ0) is 11.6. The van der Waals surface area contributed by atoms with Gasteiger partial charge in [-0.15, -0.1) is 0 Å². The van der Waals surface area contributed by atoms with E-state index in [1.54, 1.807) is 0 Å². The highest BCUT2D eigenvalue weighted by molar-refractivity contribution is 4.99. The van der Waals surface area contributed by atoms with E-state index in [1.165, 1.54) is 0 Å². The van der Waals surface area contributed by atoms with Gasteiger partial charge in [-0.05, 0) is 39.9 Å². The van der Waals surface area contributed by atoms with Crippen molar-refractivity contribution in [1.82, 2.24) is 10.2 Å². The van der Waals surface area contributed by atoms with Gasteiger partial charge in [-0.3, -0.25) is 0 Å². The minimum absolute atomic E-state index is 0.215. The largest absolute Gasteiger partial charge is 0.315 e. The molecule has 2 heteroatoms. The van der Waals surface area contributed by atoms with Crippen molar-refractivity contribution >= 4 is 0 Å². The van der Waals surface area contributed by atoms with Gasteiger partial charge >= 0.3 is 0 Å². The minimum atomic E-state index is 0.215. The monoisotopic (exact) mass is 200 g/mol. The van der Waals surface area contributed by atoms with Crippen LogP contribution in [-0.2, 0) is 0 Å². The Morgan fingerprint density at radius 2 is 1.57 bits per heavy atom. The lowest BCUT2D eigenvalue weighted by Crippen LogP contribution is -2.61. The fourth-order valence-electron chi connectivity index (χ4n) is 2.46. The lowest BCUT2D eigenvalue weighted by Gasteiger charge is -2.48. The molecule has 0 rings (SSSR count). The van der Waals surface area contributed by atoms with Crippen LogP contribution in [0.1, 0.15) is 41.0 Å². The molecule has 14 heavy (non-hydrogen) atoms. The van der Waals surface area contributed by atoms with E-state index in [2.05, 4.69) is 66.0 Å². The summed E-state index contributed by atoms with van der Waals surface area (Å²) in [5, 5.41) is 3.47. The number of nitrogens with one attached hydrogen (secondary N) is 1. The average molecular weight is 200 g/mol. The number of likely N-dealkylation sites (N-methyl/N-ethyl adjacent to an activating group) is 2. The van der Waals surface area contributed by atoms with Crippen LogP contribution in [0.5, 0.6) is 0 Å². The fourth-order valence-corrected chi connectivity index (χ4v) is 2.46. The van der Waals surface area contributed by atoms with Gasteiger partial charge in [0.15, 0.2) is 0 Å². The Hall–Kier alpha value is -0.0800. The number of rotatable bonds is 4. The van der Waals surface area contributed by atoms with Crippen LogP contribution in [0.25, 0.3) is 0 Å². The number of hydrogen-bond donors (Lipinski definition) is 1. The van der Waals surface area contributed by atoms with Crippen LogP contribution in [-0.4, -0.2) is 37.6 Å². The van der Waals surface area contributed by atoms with Gasteiger partial charge < -0.3 is 10.2 Å². The van der Waals surface area contributed by atoms with E-state index in [4.69, 9.17) is 0 Å². The predicted molar refractivity (Wildman–Crippen MR) is 64.7 cm³/mol. The third-order valence-corrected chi connectivity index (χ3v) is 3.51. The van der Waals surface area contributed by atoms with E-state index >= 15 is 0 Å². The Bertz CT molecular complexity index is 170. The number of nitrogens with zero attached hydrogens (tertiary/aromatic N) is 1. The average Bonchev–Trinajstić information content (AvgIpc) is 2.02. The van der Waals surface area contributed by atoms with Gasteiger partial charge in [0.2, 0.25) is 0 Å². The maximum atomic E-state index is 3.47. The second kappa shape index (κ2) is 4.63. The second-order valence-corrected chi connectivity index (χ2v) is 5.69. The van der Waals surface area contributed by atoms with Gasteiger partial charge in [0.05, 0.1) is 0 Å². The number of hydrogen-bond acceptors (Lipinski definition) is 2. The molecule has 0 spiro atoms.